The Labute approximate surface area is 157 Å². The van der Waals surface area contributed by atoms with E-state index in [4.69, 9.17) is 16.3 Å². The van der Waals surface area contributed by atoms with E-state index in [1.54, 1.807) is 18.2 Å². The molecule has 0 spiro atoms. The molecule has 1 aromatic heterocycles. The number of nitrogens with one attached hydrogen (secondary N) is 1. The second kappa shape index (κ2) is 9.27. The van der Waals surface area contributed by atoms with Crippen LogP contribution in [-0.4, -0.2) is 35.0 Å². The molecule has 0 radical (unpaired) electrons. The smallest absolute Gasteiger partial charge is 0.398 e. The third-order valence-electron chi connectivity index (χ3n) is 3.06. The average molecular weight is 410 g/mol. The molecule has 0 saturated heterocycles. The highest BCUT2D eigenvalue weighted by Gasteiger charge is 2.27. The van der Waals surface area contributed by atoms with E-state index in [-0.39, 0.29) is 17.3 Å². The molecule has 1 N–H and O–H groups in total. The van der Waals surface area contributed by atoms with Crippen LogP contribution in [0.5, 0.6) is 5.75 Å². The van der Waals surface area contributed by atoms with Crippen LogP contribution in [0.4, 0.5) is 23.4 Å². The van der Waals surface area contributed by atoms with Gasteiger partial charge in [0.2, 0.25) is 0 Å². The van der Waals surface area contributed by atoms with Crippen LogP contribution in [0.15, 0.2) is 35.5 Å². The lowest BCUT2D eigenvalue weighted by Gasteiger charge is -2.12. The van der Waals surface area contributed by atoms with Gasteiger partial charge in [0.15, 0.2) is 0 Å². The van der Waals surface area contributed by atoms with E-state index in [9.17, 15) is 17.6 Å². The molecule has 4 nitrogen and oxygen atoms in total. The quantitative estimate of drug-likeness (QED) is 0.364. The molecule has 142 valence electrons. The molecule has 0 aliphatic carbocycles. The Morgan fingerprint density at radius 2 is 2.08 bits per heavy atom. The first-order valence-corrected chi connectivity index (χ1v) is 8.93. The lowest BCUT2D eigenvalue weighted by molar-refractivity contribution is -0.105. The normalized spacial score (nSPS) is 12.7. The SMILES string of the molecule is CC(F)c1ncnc(NCCOc2cccc(SCC(F)(F)F)c2)c1Cl. The minimum Gasteiger partial charge on any atom is -0.492 e. The fourth-order valence-corrected chi connectivity index (χ4v) is 2.96. The summed E-state index contributed by atoms with van der Waals surface area (Å²) in [4.78, 5) is 8.19. The summed E-state index contributed by atoms with van der Waals surface area (Å²) in [6, 6.07) is 6.40. The van der Waals surface area contributed by atoms with Crippen LogP contribution in [0.1, 0.15) is 18.8 Å². The van der Waals surface area contributed by atoms with E-state index in [0.29, 0.717) is 34.8 Å². The van der Waals surface area contributed by atoms with Crippen molar-refractivity contribution in [1.82, 2.24) is 9.97 Å². The van der Waals surface area contributed by atoms with Crippen molar-refractivity contribution in [2.45, 2.75) is 24.2 Å². The number of aromatic nitrogens is 2. The van der Waals surface area contributed by atoms with E-state index in [0.717, 1.165) is 0 Å². The molecule has 0 saturated carbocycles. The molecule has 0 amide bonds. The average Bonchev–Trinajstić information content (AvgIpc) is 2.58. The lowest BCUT2D eigenvalue weighted by Crippen LogP contribution is -2.13. The van der Waals surface area contributed by atoms with Gasteiger partial charge >= 0.3 is 6.18 Å². The van der Waals surface area contributed by atoms with Gasteiger partial charge in [-0.05, 0) is 25.1 Å². The number of halogens is 5. The number of hydrogen-bond acceptors (Lipinski definition) is 5. The zero-order valence-corrected chi connectivity index (χ0v) is 15.3. The van der Waals surface area contributed by atoms with Crippen molar-refractivity contribution in [2.24, 2.45) is 0 Å². The van der Waals surface area contributed by atoms with Crippen LogP contribution in [-0.2, 0) is 0 Å². The van der Waals surface area contributed by atoms with E-state index < -0.39 is 18.1 Å². The van der Waals surface area contributed by atoms with Crippen molar-refractivity contribution < 1.29 is 22.3 Å². The molecular formula is C16H16ClF4N3OS. The number of thioether (sulfide) groups is 1. The summed E-state index contributed by atoms with van der Waals surface area (Å²) in [5.74, 6) is -0.218. The summed E-state index contributed by atoms with van der Waals surface area (Å²) >= 11 is 6.72. The molecule has 2 rings (SSSR count). The van der Waals surface area contributed by atoms with Crippen molar-refractivity contribution in [1.29, 1.82) is 0 Å². The number of nitrogens with zero attached hydrogens (tertiary/aromatic N) is 2. The highest BCUT2D eigenvalue weighted by molar-refractivity contribution is 7.99. The van der Waals surface area contributed by atoms with Crippen LogP contribution >= 0.6 is 23.4 Å². The van der Waals surface area contributed by atoms with E-state index >= 15 is 0 Å². The van der Waals surface area contributed by atoms with Gasteiger partial charge in [-0.1, -0.05) is 17.7 Å². The number of ether oxygens (including phenoxy) is 1. The van der Waals surface area contributed by atoms with Gasteiger partial charge in [-0.3, -0.25) is 0 Å². The first-order chi connectivity index (χ1) is 12.3. The molecule has 2 aromatic rings. The van der Waals surface area contributed by atoms with Gasteiger partial charge in [0, 0.05) is 4.90 Å². The first-order valence-electron chi connectivity index (χ1n) is 7.57. The Morgan fingerprint density at radius 3 is 2.77 bits per heavy atom. The van der Waals surface area contributed by atoms with Gasteiger partial charge in [-0.2, -0.15) is 13.2 Å². The van der Waals surface area contributed by atoms with Crippen LogP contribution in [0.3, 0.4) is 0 Å². The highest BCUT2D eigenvalue weighted by Crippen LogP contribution is 2.30. The predicted octanol–water partition coefficient (Wildman–Crippen LogP) is 5.31. The fraction of sp³-hybridized carbons (Fsp3) is 0.375. The standard InChI is InChI=1S/C16H16ClF4N3OS/c1-10(18)14-13(17)15(24-9-23-14)22-5-6-25-11-3-2-4-12(7-11)26-8-16(19,20)21/h2-4,7,9-10H,5-6,8H2,1H3,(H,22,23,24). The third-order valence-corrected chi connectivity index (χ3v) is 4.50. The minimum absolute atomic E-state index is 0.0967. The molecule has 0 fully saturated rings. The van der Waals surface area contributed by atoms with Crippen LogP contribution in [0.25, 0.3) is 0 Å². The van der Waals surface area contributed by atoms with Crippen molar-refractivity contribution in [3.8, 4) is 5.75 Å². The molecule has 1 heterocycles. The van der Waals surface area contributed by atoms with Gasteiger partial charge in [-0.25, -0.2) is 14.4 Å². The van der Waals surface area contributed by atoms with Crippen molar-refractivity contribution in [2.75, 3.05) is 24.2 Å². The summed E-state index contributed by atoms with van der Waals surface area (Å²) in [5, 5.41) is 3.01. The maximum Gasteiger partial charge on any atom is 0.398 e. The fourth-order valence-electron chi connectivity index (χ4n) is 1.94. The Bertz CT molecular complexity index is 731. The summed E-state index contributed by atoms with van der Waals surface area (Å²) in [7, 11) is 0. The topological polar surface area (TPSA) is 47.0 Å². The minimum atomic E-state index is -4.22. The van der Waals surface area contributed by atoms with E-state index in [2.05, 4.69) is 15.3 Å². The molecule has 0 bridgehead atoms. The van der Waals surface area contributed by atoms with Crippen molar-refractivity contribution in [3.63, 3.8) is 0 Å². The molecule has 0 aliphatic rings. The van der Waals surface area contributed by atoms with Gasteiger partial charge in [0.25, 0.3) is 0 Å². The van der Waals surface area contributed by atoms with Crippen molar-refractivity contribution in [3.05, 3.63) is 41.3 Å². The van der Waals surface area contributed by atoms with Crippen LogP contribution in [0.2, 0.25) is 5.02 Å². The van der Waals surface area contributed by atoms with Crippen LogP contribution in [0, 0.1) is 0 Å². The van der Waals surface area contributed by atoms with E-state index in [1.165, 1.54) is 19.3 Å². The number of benzene rings is 1. The van der Waals surface area contributed by atoms with Crippen LogP contribution < -0.4 is 10.1 Å². The predicted molar refractivity (Wildman–Crippen MR) is 93.8 cm³/mol. The van der Waals surface area contributed by atoms with Gasteiger partial charge in [0.1, 0.15) is 35.7 Å². The van der Waals surface area contributed by atoms with E-state index in [1.807, 2.05) is 0 Å². The molecular weight excluding hydrogens is 394 g/mol. The summed E-state index contributed by atoms with van der Waals surface area (Å²) in [6.45, 7) is 1.86. The third kappa shape index (κ3) is 6.53. The van der Waals surface area contributed by atoms with Gasteiger partial charge in [-0.15, -0.1) is 11.8 Å². The Kier molecular flexibility index (Phi) is 7.33. The summed E-state index contributed by atoms with van der Waals surface area (Å²) in [6.07, 6.45) is -4.33. The largest absolute Gasteiger partial charge is 0.492 e. The highest BCUT2D eigenvalue weighted by atomic mass is 35.5. The second-order valence-electron chi connectivity index (χ2n) is 5.19. The van der Waals surface area contributed by atoms with Gasteiger partial charge in [0.05, 0.1) is 18.0 Å². The summed E-state index contributed by atoms with van der Waals surface area (Å²) in [5.41, 5.74) is 0.0967. The number of hydrogen-bond donors (Lipinski definition) is 1. The zero-order chi connectivity index (χ0) is 19.2. The van der Waals surface area contributed by atoms with Crippen molar-refractivity contribution >= 4 is 29.2 Å². The number of rotatable bonds is 8. The zero-order valence-electron chi connectivity index (χ0n) is 13.7. The molecule has 1 aromatic carbocycles. The molecule has 1 atom stereocenters. The monoisotopic (exact) mass is 409 g/mol. The Balaban J connectivity index is 1.84. The Morgan fingerprint density at radius 1 is 1.31 bits per heavy atom. The molecule has 26 heavy (non-hydrogen) atoms. The Hall–Kier alpha value is -1.74. The maximum absolute atomic E-state index is 13.4. The summed E-state index contributed by atoms with van der Waals surface area (Å²) < 4.78 is 55.6. The lowest BCUT2D eigenvalue weighted by atomic mass is 10.3. The number of anilines is 1. The maximum atomic E-state index is 13.4. The molecule has 0 aliphatic heterocycles. The first kappa shape index (κ1) is 20.6. The van der Waals surface area contributed by atoms with Gasteiger partial charge < -0.3 is 10.1 Å². The second-order valence-corrected chi connectivity index (χ2v) is 6.62. The number of alkyl halides is 4. The molecule has 10 heteroatoms. The molecule has 1 unspecified atom stereocenters.